The van der Waals surface area contributed by atoms with Crippen LogP contribution in [0, 0.1) is 11.8 Å². The molecule has 20 heavy (non-hydrogen) atoms. The van der Waals surface area contributed by atoms with Crippen molar-refractivity contribution in [2.75, 3.05) is 12.3 Å². The predicted octanol–water partition coefficient (Wildman–Crippen LogP) is 3.15. The average molecular weight is 301 g/mol. The summed E-state index contributed by atoms with van der Waals surface area (Å²) in [5.41, 5.74) is 0. The minimum Gasteiger partial charge on any atom is -0.313 e. The Hall–Kier alpha value is -0.0900. The van der Waals surface area contributed by atoms with E-state index in [9.17, 15) is 8.42 Å². The third kappa shape index (κ3) is 4.20. The predicted molar refractivity (Wildman–Crippen MR) is 84.6 cm³/mol. The molecule has 3 unspecified atom stereocenters. The Bertz CT molecular complexity index is 385. The Morgan fingerprint density at radius 1 is 1.10 bits per heavy atom. The maximum absolute atomic E-state index is 12.8. The summed E-state index contributed by atoms with van der Waals surface area (Å²) in [6, 6.07) is 0.192. The molecular weight excluding hydrogens is 270 g/mol. The summed E-state index contributed by atoms with van der Waals surface area (Å²) in [4.78, 5) is 0. The highest BCUT2D eigenvalue weighted by Crippen LogP contribution is 2.33. The van der Waals surface area contributed by atoms with Gasteiger partial charge >= 0.3 is 0 Å². The van der Waals surface area contributed by atoms with E-state index in [0.717, 1.165) is 45.1 Å². The van der Waals surface area contributed by atoms with Crippen LogP contribution in [0.4, 0.5) is 0 Å². The minimum absolute atomic E-state index is 0.140. The lowest BCUT2D eigenvalue weighted by Crippen LogP contribution is -2.49. The van der Waals surface area contributed by atoms with Gasteiger partial charge in [-0.15, -0.1) is 0 Å². The molecule has 2 aliphatic carbocycles. The van der Waals surface area contributed by atoms with Crippen molar-refractivity contribution in [1.29, 1.82) is 0 Å². The van der Waals surface area contributed by atoms with Crippen molar-refractivity contribution in [3.8, 4) is 0 Å². The van der Waals surface area contributed by atoms with Gasteiger partial charge in [0.05, 0.1) is 11.0 Å². The van der Waals surface area contributed by atoms with Gasteiger partial charge in [0.2, 0.25) is 0 Å². The van der Waals surface area contributed by atoms with Crippen LogP contribution < -0.4 is 5.32 Å². The van der Waals surface area contributed by atoms with E-state index in [0.29, 0.717) is 17.6 Å². The second kappa shape index (κ2) is 7.26. The normalized spacial score (nSPS) is 32.6. The van der Waals surface area contributed by atoms with Gasteiger partial charge in [-0.1, -0.05) is 26.7 Å². The fraction of sp³-hybridized carbons (Fsp3) is 1.00. The summed E-state index contributed by atoms with van der Waals surface area (Å²) in [6.07, 6.45) is 8.80. The van der Waals surface area contributed by atoms with E-state index in [4.69, 9.17) is 0 Å². The molecule has 118 valence electrons. The van der Waals surface area contributed by atoms with Crippen molar-refractivity contribution in [3.63, 3.8) is 0 Å². The van der Waals surface area contributed by atoms with Crippen LogP contribution in [-0.2, 0) is 9.84 Å². The van der Waals surface area contributed by atoms with E-state index >= 15 is 0 Å². The third-order valence-corrected chi connectivity index (χ3v) is 7.49. The van der Waals surface area contributed by atoms with E-state index in [1.54, 1.807) is 0 Å². The zero-order valence-corrected chi connectivity index (χ0v) is 13.9. The van der Waals surface area contributed by atoms with Crippen LogP contribution in [0.15, 0.2) is 0 Å². The summed E-state index contributed by atoms with van der Waals surface area (Å²) in [5.74, 6) is 1.43. The summed E-state index contributed by atoms with van der Waals surface area (Å²) in [6.45, 7) is 5.28. The van der Waals surface area contributed by atoms with Crippen molar-refractivity contribution in [2.45, 2.75) is 76.5 Å². The van der Waals surface area contributed by atoms with Gasteiger partial charge in [-0.3, -0.25) is 0 Å². The number of rotatable bonds is 6. The minimum atomic E-state index is -2.94. The maximum Gasteiger partial charge on any atom is 0.154 e. The summed E-state index contributed by atoms with van der Waals surface area (Å²) in [7, 11) is -2.94. The zero-order chi connectivity index (χ0) is 14.6. The third-order valence-electron chi connectivity index (χ3n) is 5.11. The molecule has 0 heterocycles. The highest BCUT2D eigenvalue weighted by molar-refractivity contribution is 7.92. The smallest absolute Gasteiger partial charge is 0.154 e. The van der Waals surface area contributed by atoms with Crippen LogP contribution in [0.5, 0.6) is 0 Å². The molecule has 0 radical (unpaired) electrons. The largest absolute Gasteiger partial charge is 0.313 e. The molecule has 2 saturated carbocycles. The van der Waals surface area contributed by atoms with Crippen LogP contribution in [0.2, 0.25) is 0 Å². The molecule has 0 aliphatic heterocycles. The SMILES string of the molecule is CCCNC1CCC(C)CC1S(=O)(=O)CC1CCCC1. The van der Waals surface area contributed by atoms with Crippen molar-refractivity contribution < 1.29 is 8.42 Å². The van der Waals surface area contributed by atoms with Crippen LogP contribution >= 0.6 is 0 Å². The van der Waals surface area contributed by atoms with E-state index in [2.05, 4.69) is 19.2 Å². The molecule has 3 nitrogen and oxygen atoms in total. The van der Waals surface area contributed by atoms with E-state index in [1.165, 1.54) is 12.8 Å². The molecule has 0 aromatic heterocycles. The highest BCUT2D eigenvalue weighted by atomic mass is 32.2. The number of hydrogen-bond donors (Lipinski definition) is 1. The first-order valence-corrected chi connectivity index (χ1v) is 10.2. The number of hydrogen-bond acceptors (Lipinski definition) is 3. The average Bonchev–Trinajstić information content (AvgIpc) is 2.89. The van der Waals surface area contributed by atoms with Crippen LogP contribution in [0.1, 0.15) is 65.2 Å². The van der Waals surface area contributed by atoms with Crippen LogP contribution in [0.25, 0.3) is 0 Å². The Balaban J connectivity index is 2.03. The zero-order valence-electron chi connectivity index (χ0n) is 13.1. The van der Waals surface area contributed by atoms with Gasteiger partial charge in [-0.25, -0.2) is 8.42 Å². The van der Waals surface area contributed by atoms with Crippen molar-refractivity contribution in [2.24, 2.45) is 11.8 Å². The summed E-state index contributed by atoms with van der Waals surface area (Å²) < 4.78 is 25.6. The van der Waals surface area contributed by atoms with Crippen molar-refractivity contribution in [3.05, 3.63) is 0 Å². The fourth-order valence-electron chi connectivity index (χ4n) is 3.92. The first-order chi connectivity index (χ1) is 9.53. The first kappa shape index (κ1) is 16.3. The Morgan fingerprint density at radius 3 is 2.45 bits per heavy atom. The van der Waals surface area contributed by atoms with Crippen molar-refractivity contribution in [1.82, 2.24) is 5.32 Å². The molecule has 0 saturated heterocycles. The van der Waals surface area contributed by atoms with Gasteiger partial charge in [0.15, 0.2) is 9.84 Å². The van der Waals surface area contributed by atoms with Crippen LogP contribution in [0.3, 0.4) is 0 Å². The molecular formula is C16H31NO2S. The molecule has 0 spiro atoms. The van der Waals surface area contributed by atoms with E-state index < -0.39 is 9.84 Å². The molecule has 2 aliphatic rings. The molecule has 2 fully saturated rings. The second-order valence-electron chi connectivity index (χ2n) is 7.00. The lowest BCUT2D eigenvalue weighted by Gasteiger charge is -2.35. The van der Waals surface area contributed by atoms with E-state index in [1.807, 2.05) is 0 Å². The molecule has 2 rings (SSSR count). The van der Waals surface area contributed by atoms with Gasteiger partial charge in [0, 0.05) is 6.04 Å². The van der Waals surface area contributed by atoms with Crippen LogP contribution in [-0.4, -0.2) is 32.0 Å². The topological polar surface area (TPSA) is 46.2 Å². The lowest BCUT2D eigenvalue weighted by atomic mass is 9.87. The van der Waals surface area contributed by atoms with E-state index in [-0.39, 0.29) is 11.3 Å². The van der Waals surface area contributed by atoms with Gasteiger partial charge in [-0.2, -0.15) is 0 Å². The maximum atomic E-state index is 12.8. The molecule has 0 aromatic rings. The second-order valence-corrected chi connectivity index (χ2v) is 9.26. The monoisotopic (exact) mass is 301 g/mol. The number of sulfone groups is 1. The summed E-state index contributed by atoms with van der Waals surface area (Å²) in [5, 5.41) is 3.35. The molecule has 0 aromatic carbocycles. The quantitative estimate of drug-likeness (QED) is 0.820. The Labute approximate surface area is 124 Å². The molecule has 0 bridgehead atoms. The molecule has 3 atom stereocenters. The van der Waals surface area contributed by atoms with Gasteiger partial charge < -0.3 is 5.32 Å². The van der Waals surface area contributed by atoms with Gasteiger partial charge in [0.25, 0.3) is 0 Å². The standard InChI is InChI=1S/C16H31NO2S/c1-3-10-17-15-9-8-13(2)11-16(15)20(18,19)12-14-6-4-5-7-14/h13-17H,3-12H2,1-2H3. The molecule has 4 heteroatoms. The molecule has 1 N–H and O–H groups in total. The Kier molecular flexibility index (Phi) is 5.91. The lowest BCUT2D eigenvalue weighted by molar-refractivity contribution is 0.307. The first-order valence-electron chi connectivity index (χ1n) is 8.48. The fourth-order valence-corrected chi connectivity index (χ4v) is 6.51. The van der Waals surface area contributed by atoms with Crippen molar-refractivity contribution >= 4 is 9.84 Å². The Morgan fingerprint density at radius 2 is 1.80 bits per heavy atom. The number of nitrogens with one attached hydrogen (secondary N) is 1. The van der Waals surface area contributed by atoms with Gasteiger partial charge in [0.1, 0.15) is 0 Å². The summed E-state index contributed by atoms with van der Waals surface area (Å²) >= 11 is 0. The highest BCUT2D eigenvalue weighted by Gasteiger charge is 2.38. The molecule has 0 amide bonds. The van der Waals surface area contributed by atoms with Gasteiger partial charge in [-0.05, 0) is 56.9 Å².